The summed E-state index contributed by atoms with van der Waals surface area (Å²) in [4.78, 5) is 0. The Kier molecular flexibility index (Phi) is 8.54. The minimum atomic E-state index is 1.21. The summed E-state index contributed by atoms with van der Waals surface area (Å²) in [5.74, 6) is 1.35. The summed E-state index contributed by atoms with van der Waals surface area (Å²) in [6.07, 6.45) is 6.44. The van der Waals surface area contributed by atoms with Crippen LogP contribution in [0.1, 0.15) is 13.3 Å². The molecule has 0 aliphatic carbocycles. The minimum Gasteiger partial charge on any atom is -0.165 e. The first-order chi connectivity index (χ1) is 3.91. The average Bonchev–Trinajstić information content (AvgIpc) is 1.81. The van der Waals surface area contributed by atoms with E-state index in [-0.39, 0.29) is 0 Å². The summed E-state index contributed by atoms with van der Waals surface area (Å²) in [7, 11) is 1.21. The van der Waals surface area contributed by atoms with Crippen molar-refractivity contribution in [3.63, 3.8) is 0 Å². The highest BCUT2D eigenvalue weighted by Crippen LogP contribution is 2.10. The Hall–Kier alpha value is 0.780. The predicted molar refractivity (Wildman–Crippen MR) is 46.7 cm³/mol. The van der Waals surface area contributed by atoms with Gasteiger partial charge in [-0.3, -0.25) is 0 Å². The maximum Gasteiger partial charge on any atom is -0.00670 e. The Labute approximate surface area is 58.6 Å². The highest BCUT2D eigenvalue weighted by molar-refractivity contribution is 7.98. The quantitative estimate of drug-likeness (QED) is 0.428. The SMILES string of the molecule is CCPCCCSC. The van der Waals surface area contributed by atoms with Crippen LogP contribution in [0.25, 0.3) is 0 Å². The van der Waals surface area contributed by atoms with Gasteiger partial charge in [0.25, 0.3) is 0 Å². The van der Waals surface area contributed by atoms with E-state index in [0.29, 0.717) is 0 Å². The maximum atomic E-state index is 2.26. The van der Waals surface area contributed by atoms with Crippen LogP contribution in [0.4, 0.5) is 0 Å². The van der Waals surface area contributed by atoms with E-state index in [2.05, 4.69) is 13.2 Å². The molecule has 0 radical (unpaired) electrons. The van der Waals surface area contributed by atoms with Crippen LogP contribution in [0.15, 0.2) is 0 Å². The molecule has 0 amide bonds. The van der Waals surface area contributed by atoms with Crippen molar-refractivity contribution in [2.45, 2.75) is 13.3 Å². The molecule has 0 saturated heterocycles. The van der Waals surface area contributed by atoms with Crippen LogP contribution >= 0.6 is 20.3 Å². The molecule has 0 nitrogen and oxygen atoms in total. The lowest BCUT2D eigenvalue weighted by atomic mass is 10.6. The van der Waals surface area contributed by atoms with Crippen molar-refractivity contribution in [1.29, 1.82) is 0 Å². The summed E-state index contributed by atoms with van der Waals surface area (Å²) in [6.45, 7) is 2.26. The van der Waals surface area contributed by atoms with Crippen molar-refractivity contribution in [3.05, 3.63) is 0 Å². The monoisotopic (exact) mass is 150 g/mol. The van der Waals surface area contributed by atoms with Crippen molar-refractivity contribution in [2.75, 3.05) is 24.3 Å². The number of hydrogen-bond donors (Lipinski definition) is 0. The summed E-state index contributed by atoms with van der Waals surface area (Å²) in [6, 6.07) is 0. The zero-order chi connectivity index (χ0) is 6.24. The highest BCUT2D eigenvalue weighted by Gasteiger charge is 1.83. The third-order valence-corrected chi connectivity index (χ3v) is 2.86. The van der Waals surface area contributed by atoms with E-state index >= 15 is 0 Å². The van der Waals surface area contributed by atoms with Gasteiger partial charge in [0.1, 0.15) is 0 Å². The molecule has 0 spiro atoms. The van der Waals surface area contributed by atoms with E-state index < -0.39 is 0 Å². The lowest BCUT2D eigenvalue weighted by Crippen LogP contribution is -1.80. The molecular weight excluding hydrogens is 135 g/mol. The van der Waals surface area contributed by atoms with E-state index in [0.717, 1.165) is 0 Å². The van der Waals surface area contributed by atoms with Crippen molar-refractivity contribution in [2.24, 2.45) is 0 Å². The molecule has 0 aliphatic rings. The third kappa shape index (κ3) is 6.78. The van der Waals surface area contributed by atoms with Gasteiger partial charge in [-0.25, -0.2) is 0 Å². The molecule has 2 heteroatoms. The van der Waals surface area contributed by atoms with Gasteiger partial charge in [0.05, 0.1) is 0 Å². The maximum absolute atomic E-state index is 2.26. The topological polar surface area (TPSA) is 0 Å². The molecule has 0 N–H and O–H groups in total. The Morgan fingerprint density at radius 2 is 2.25 bits per heavy atom. The molecule has 0 rings (SSSR count). The van der Waals surface area contributed by atoms with Crippen LogP contribution < -0.4 is 0 Å². The normalized spacial score (nSPS) is 11.2. The first-order valence-electron chi connectivity index (χ1n) is 3.11. The Bertz CT molecular complexity index is 33.5. The van der Waals surface area contributed by atoms with Crippen LogP contribution in [-0.2, 0) is 0 Å². The fraction of sp³-hybridized carbons (Fsp3) is 1.00. The van der Waals surface area contributed by atoms with E-state index in [4.69, 9.17) is 0 Å². The second kappa shape index (κ2) is 7.78. The molecule has 0 aromatic rings. The van der Waals surface area contributed by atoms with Crippen molar-refractivity contribution in [3.8, 4) is 0 Å². The zero-order valence-corrected chi connectivity index (χ0v) is 7.55. The number of rotatable bonds is 5. The first-order valence-corrected chi connectivity index (χ1v) is 5.92. The third-order valence-electron chi connectivity index (χ3n) is 0.952. The van der Waals surface area contributed by atoms with Crippen LogP contribution in [0, 0.1) is 0 Å². The van der Waals surface area contributed by atoms with Gasteiger partial charge in [0.2, 0.25) is 0 Å². The van der Waals surface area contributed by atoms with Gasteiger partial charge in [-0.1, -0.05) is 6.92 Å². The summed E-state index contributed by atoms with van der Waals surface area (Å²) < 4.78 is 0. The molecule has 0 aromatic heterocycles. The van der Waals surface area contributed by atoms with Gasteiger partial charge in [-0.05, 0) is 30.8 Å². The Morgan fingerprint density at radius 3 is 2.75 bits per heavy atom. The van der Waals surface area contributed by atoms with Gasteiger partial charge < -0.3 is 0 Å². The van der Waals surface area contributed by atoms with Gasteiger partial charge in [-0.2, -0.15) is 11.8 Å². The van der Waals surface area contributed by atoms with E-state index in [1.54, 1.807) is 0 Å². The molecule has 0 aliphatic heterocycles. The van der Waals surface area contributed by atoms with Crippen LogP contribution in [-0.4, -0.2) is 24.3 Å². The Morgan fingerprint density at radius 1 is 1.50 bits per heavy atom. The average molecular weight is 150 g/mol. The van der Waals surface area contributed by atoms with Gasteiger partial charge in [0, 0.05) is 0 Å². The molecular formula is C6H15PS. The molecule has 1 unspecified atom stereocenters. The summed E-state index contributed by atoms with van der Waals surface area (Å²) in [5.41, 5.74) is 0. The second-order valence-electron chi connectivity index (χ2n) is 1.70. The fourth-order valence-electron chi connectivity index (χ4n) is 0.518. The molecule has 0 bridgehead atoms. The molecule has 0 saturated carbocycles. The number of hydrogen-bond acceptors (Lipinski definition) is 1. The molecule has 8 heavy (non-hydrogen) atoms. The smallest absolute Gasteiger partial charge is 0.00670 e. The van der Waals surface area contributed by atoms with E-state index in [9.17, 15) is 0 Å². The molecule has 0 fully saturated rings. The minimum absolute atomic E-state index is 1.21. The van der Waals surface area contributed by atoms with Gasteiger partial charge >= 0.3 is 0 Å². The lowest BCUT2D eigenvalue weighted by molar-refractivity contribution is 1.12. The largest absolute Gasteiger partial charge is 0.165 e. The zero-order valence-electron chi connectivity index (χ0n) is 5.74. The van der Waals surface area contributed by atoms with Crippen LogP contribution in [0.5, 0.6) is 0 Å². The molecule has 50 valence electrons. The van der Waals surface area contributed by atoms with Crippen LogP contribution in [0.3, 0.4) is 0 Å². The highest BCUT2D eigenvalue weighted by atomic mass is 32.2. The fourth-order valence-corrected chi connectivity index (χ4v) is 1.99. The predicted octanol–water partition coefficient (Wildman–Crippen LogP) is 2.44. The van der Waals surface area contributed by atoms with Gasteiger partial charge in [0.15, 0.2) is 0 Å². The Balaban J connectivity index is 2.53. The van der Waals surface area contributed by atoms with Crippen molar-refractivity contribution < 1.29 is 0 Å². The van der Waals surface area contributed by atoms with E-state index in [1.165, 1.54) is 33.1 Å². The second-order valence-corrected chi connectivity index (χ2v) is 4.39. The molecule has 0 heterocycles. The molecule has 1 atom stereocenters. The first kappa shape index (κ1) is 8.78. The number of thioether (sulfide) groups is 1. The standard InChI is InChI=1S/C6H15PS/c1-3-7-5-4-6-8-2/h7H,3-6H2,1-2H3. The van der Waals surface area contributed by atoms with Crippen molar-refractivity contribution >= 4 is 20.3 Å². The summed E-state index contributed by atoms with van der Waals surface area (Å²) in [5, 5.41) is 0. The summed E-state index contributed by atoms with van der Waals surface area (Å²) >= 11 is 1.96. The molecule has 0 aromatic carbocycles. The van der Waals surface area contributed by atoms with Crippen LogP contribution in [0.2, 0.25) is 0 Å². The van der Waals surface area contributed by atoms with E-state index in [1.807, 2.05) is 11.8 Å². The van der Waals surface area contributed by atoms with Gasteiger partial charge in [-0.15, -0.1) is 8.58 Å². The van der Waals surface area contributed by atoms with Crippen molar-refractivity contribution in [1.82, 2.24) is 0 Å². The lowest BCUT2D eigenvalue weighted by Gasteiger charge is -1.94.